The molecule has 5 heteroatoms. The van der Waals surface area contributed by atoms with E-state index in [1.54, 1.807) is 24.3 Å². The topological polar surface area (TPSA) is 66.8 Å². The lowest BCUT2D eigenvalue weighted by molar-refractivity contribution is -0.140. The van der Waals surface area contributed by atoms with Gasteiger partial charge in [0.25, 0.3) is 0 Å². The van der Waals surface area contributed by atoms with Gasteiger partial charge in [-0.2, -0.15) is 0 Å². The zero-order chi connectivity index (χ0) is 16.4. The van der Waals surface area contributed by atoms with E-state index in [9.17, 15) is 4.79 Å². The van der Waals surface area contributed by atoms with E-state index in [4.69, 9.17) is 21.8 Å². The first-order valence-corrected chi connectivity index (χ1v) is 7.13. The molecule has 2 aromatic carbocycles. The number of aliphatic hydroxyl groups is 2. The number of rotatable bonds is 4. The SMILES string of the molecule is COC(=O)CCc1ccccc1Cl.OC(O)c1ccccc1. The molecule has 0 aliphatic heterocycles. The van der Waals surface area contributed by atoms with Crippen molar-refractivity contribution in [1.29, 1.82) is 0 Å². The first-order chi connectivity index (χ1) is 10.5. The van der Waals surface area contributed by atoms with E-state index in [0.717, 1.165) is 5.56 Å². The largest absolute Gasteiger partial charge is 0.469 e. The minimum absolute atomic E-state index is 0.208. The normalized spacial score (nSPS) is 9.86. The van der Waals surface area contributed by atoms with Gasteiger partial charge >= 0.3 is 5.97 Å². The van der Waals surface area contributed by atoms with Gasteiger partial charge in [0.15, 0.2) is 6.29 Å². The second-order valence-corrected chi connectivity index (χ2v) is 4.86. The molecule has 2 aromatic rings. The van der Waals surface area contributed by atoms with Crippen molar-refractivity contribution in [2.75, 3.05) is 7.11 Å². The van der Waals surface area contributed by atoms with Crippen LogP contribution in [0.1, 0.15) is 23.8 Å². The molecule has 0 saturated carbocycles. The van der Waals surface area contributed by atoms with Crippen molar-refractivity contribution in [3.63, 3.8) is 0 Å². The van der Waals surface area contributed by atoms with Crippen LogP contribution < -0.4 is 0 Å². The summed E-state index contributed by atoms with van der Waals surface area (Å²) >= 11 is 5.90. The standard InChI is InChI=1S/C10H11ClO2.C7H8O2/c1-13-10(12)7-6-8-4-2-3-5-9(8)11;8-7(9)6-4-2-1-3-5-6/h2-5H,6-7H2,1H3;1-5,7-9H. The van der Waals surface area contributed by atoms with E-state index in [-0.39, 0.29) is 5.97 Å². The number of benzene rings is 2. The van der Waals surface area contributed by atoms with Gasteiger partial charge in [0.1, 0.15) is 0 Å². The average Bonchev–Trinajstić information content (AvgIpc) is 2.55. The minimum atomic E-state index is -1.34. The Balaban J connectivity index is 0.000000235. The highest BCUT2D eigenvalue weighted by Crippen LogP contribution is 2.16. The molecule has 2 rings (SSSR count). The Kier molecular flexibility index (Phi) is 8.22. The zero-order valence-corrected chi connectivity index (χ0v) is 13.0. The van der Waals surface area contributed by atoms with Gasteiger partial charge in [-0.1, -0.05) is 60.1 Å². The summed E-state index contributed by atoms with van der Waals surface area (Å²) in [6, 6.07) is 16.1. The average molecular weight is 323 g/mol. The Labute approximate surface area is 134 Å². The van der Waals surface area contributed by atoms with E-state index in [1.165, 1.54) is 7.11 Å². The first kappa shape index (κ1) is 18.2. The van der Waals surface area contributed by atoms with Crippen LogP contribution in [-0.2, 0) is 16.0 Å². The summed E-state index contributed by atoms with van der Waals surface area (Å²) in [5.74, 6) is -0.208. The lowest BCUT2D eigenvalue weighted by Crippen LogP contribution is -2.01. The minimum Gasteiger partial charge on any atom is -0.469 e. The van der Waals surface area contributed by atoms with Crippen LogP contribution in [0.25, 0.3) is 0 Å². The molecule has 0 fully saturated rings. The maximum absolute atomic E-state index is 10.8. The number of ether oxygens (including phenoxy) is 1. The number of halogens is 1. The lowest BCUT2D eigenvalue weighted by atomic mass is 10.1. The molecule has 4 nitrogen and oxygen atoms in total. The van der Waals surface area contributed by atoms with Crippen LogP contribution in [0.15, 0.2) is 54.6 Å². The van der Waals surface area contributed by atoms with E-state index >= 15 is 0 Å². The third-order valence-electron chi connectivity index (χ3n) is 2.88. The Morgan fingerprint density at radius 2 is 1.68 bits per heavy atom. The molecule has 118 valence electrons. The van der Waals surface area contributed by atoms with E-state index < -0.39 is 6.29 Å². The van der Waals surface area contributed by atoms with Crippen molar-refractivity contribution in [3.8, 4) is 0 Å². The predicted molar refractivity (Wildman–Crippen MR) is 85.4 cm³/mol. The fraction of sp³-hybridized carbons (Fsp3) is 0.235. The van der Waals surface area contributed by atoms with Crippen LogP contribution in [-0.4, -0.2) is 23.3 Å². The fourth-order valence-corrected chi connectivity index (χ4v) is 1.90. The maximum Gasteiger partial charge on any atom is 0.305 e. The number of aryl methyl sites for hydroxylation is 1. The Morgan fingerprint density at radius 1 is 1.09 bits per heavy atom. The molecular weight excluding hydrogens is 304 g/mol. The van der Waals surface area contributed by atoms with Gasteiger partial charge in [-0.05, 0) is 18.1 Å². The van der Waals surface area contributed by atoms with Gasteiger partial charge in [0.2, 0.25) is 0 Å². The summed E-state index contributed by atoms with van der Waals surface area (Å²) in [5.41, 5.74) is 1.51. The monoisotopic (exact) mass is 322 g/mol. The van der Waals surface area contributed by atoms with E-state index in [1.807, 2.05) is 30.3 Å². The Morgan fingerprint density at radius 3 is 2.18 bits per heavy atom. The van der Waals surface area contributed by atoms with Gasteiger partial charge in [-0.3, -0.25) is 4.79 Å². The first-order valence-electron chi connectivity index (χ1n) is 6.76. The van der Waals surface area contributed by atoms with Crippen LogP contribution in [0.5, 0.6) is 0 Å². The second kappa shape index (κ2) is 9.95. The van der Waals surface area contributed by atoms with Crippen molar-refractivity contribution >= 4 is 17.6 Å². The maximum atomic E-state index is 10.8. The quantitative estimate of drug-likeness (QED) is 0.670. The molecule has 0 unspecified atom stereocenters. The number of carbonyl (C=O) groups excluding carboxylic acids is 1. The van der Waals surface area contributed by atoms with Crippen LogP contribution in [0.2, 0.25) is 5.02 Å². The number of esters is 1. The third kappa shape index (κ3) is 6.72. The second-order valence-electron chi connectivity index (χ2n) is 4.45. The lowest BCUT2D eigenvalue weighted by Gasteiger charge is -2.02. The molecule has 0 amide bonds. The molecule has 0 heterocycles. The molecule has 0 bridgehead atoms. The number of methoxy groups -OCH3 is 1. The molecule has 22 heavy (non-hydrogen) atoms. The predicted octanol–water partition coefficient (Wildman–Crippen LogP) is 3.12. The molecule has 0 aromatic heterocycles. The van der Waals surface area contributed by atoms with Gasteiger partial charge in [-0.25, -0.2) is 0 Å². The molecule has 0 saturated heterocycles. The summed E-state index contributed by atoms with van der Waals surface area (Å²) in [7, 11) is 1.38. The van der Waals surface area contributed by atoms with Crippen LogP contribution in [0, 0.1) is 0 Å². The molecule has 0 aliphatic carbocycles. The van der Waals surface area contributed by atoms with Crippen LogP contribution in [0.4, 0.5) is 0 Å². The molecular formula is C17H19ClO4. The molecule has 0 radical (unpaired) electrons. The summed E-state index contributed by atoms with van der Waals surface area (Å²) < 4.78 is 4.53. The highest BCUT2D eigenvalue weighted by atomic mass is 35.5. The summed E-state index contributed by atoms with van der Waals surface area (Å²) in [5, 5.41) is 17.9. The van der Waals surface area contributed by atoms with Crippen LogP contribution >= 0.6 is 11.6 Å². The van der Waals surface area contributed by atoms with Crippen molar-refractivity contribution in [2.45, 2.75) is 19.1 Å². The third-order valence-corrected chi connectivity index (χ3v) is 3.25. The number of carbonyl (C=O) groups is 1. The van der Waals surface area contributed by atoms with E-state index in [2.05, 4.69) is 4.74 Å². The van der Waals surface area contributed by atoms with Gasteiger partial charge < -0.3 is 14.9 Å². The fourth-order valence-electron chi connectivity index (χ4n) is 1.67. The van der Waals surface area contributed by atoms with Crippen molar-refractivity contribution in [1.82, 2.24) is 0 Å². The Bertz CT molecular complexity index is 570. The summed E-state index contributed by atoms with van der Waals surface area (Å²) in [4.78, 5) is 10.8. The highest BCUT2D eigenvalue weighted by Gasteiger charge is 2.03. The van der Waals surface area contributed by atoms with Gasteiger partial charge in [0, 0.05) is 17.0 Å². The number of hydrogen-bond donors (Lipinski definition) is 2. The van der Waals surface area contributed by atoms with Crippen molar-refractivity contribution < 1.29 is 19.7 Å². The zero-order valence-electron chi connectivity index (χ0n) is 12.3. The van der Waals surface area contributed by atoms with E-state index in [0.29, 0.717) is 23.4 Å². The smallest absolute Gasteiger partial charge is 0.305 e. The number of hydrogen-bond acceptors (Lipinski definition) is 4. The summed E-state index contributed by atoms with van der Waals surface area (Å²) in [6.45, 7) is 0. The van der Waals surface area contributed by atoms with Crippen LogP contribution in [0.3, 0.4) is 0 Å². The Hall–Kier alpha value is -1.88. The molecule has 2 N–H and O–H groups in total. The number of aliphatic hydroxyl groups excluding tert-OH is 1. The molecule has 0 aliphatic rings. The summed E-state index contributed by atoms with van der Waals surface area (Å²) in [6.07, 6.45) is -0.335. The highest BCUT2D eigenvalue weighted by molar-refractivity contribution is 6.31. The molecule has 0 atom stereocenters. The van der Waals surface area contributed by atoms with Crippen molar-refractivity contribution in [3.05, 3.63) is 70.7 Å². The van der Waals surface area contributed by atoms with Gasteiger partial charge in [0.05, 0.1) is 7.11 Å². The van der Waals surface area contributed by atoms with Crippen molar-refractivity contribution in [2.24, 2.45) is 0 Å². The molecule has 0 spiro atoms. The van der Waals surface area contributed by atoms with Gasteiger partial charge in [-0.15, -0.1) is 0 Å².